The van der Waals surface area contributed by atoms with Crippen molar-refractivity contribution in [3.63, 3.8) is 0 Å². The summed E-state index contributed by atoms with van der Waals surface area (Å²) in [5, 5.41) is 9.29. The molecule has 0 unspecified atom stereocenters. The van der Waals surface area contributed by atoms with E-state index in [1.54, 1.807) is 6.20 Å². The van der Waals surface area contributed by atoms with E-state index in [0.29, 0.717) is 37.0 Å². The largest absolute Gasteiger partial charge is 0.368 e. The zero-order valence-electron chi connectivity index (χ0n) is 15.9. The van der Waals surface area contributed by atoms with Crippen LogP contribution in [0.15, 0.2) is 60.8 Å². The van der Waals surface area contributed by atoms with Gasteiger partial charge >= 0.3 is 0 Å². The summed E-state index contributed by atoms with van der Waals surface area (Å²) in [6.07, 6.45) is 2.94. The van der Waals surface area contributed by atoms with Crippen molar-refractivity contribution in [2.45, 2.75) is 19.8 Å². The summed E-state index contributed by atoms with van der Waals surface area (Å²) in [5.74, 6) is 2.78. The van der Waals surface area contributed by atoms with Crippen molar-refractivity contribution in [1.29, 1.82) is 0 Å². The van der Waals surface area contributed by atoms with Crippen molar-refractivity contribution in [2.24, 2.45) is 0 Å². The van der Waals surface area contributed by atoms with Crippen LogP contribution in [-0.2, 0) is 11.2 Å². The molecule has 7 heteroatoms. The molecule has 0 spiro atoms. The third-order valence-electron chi connectivity index (χ3n) is 4.00. The third-order valence-corrected chi connectivity index (χ3v) is 4.00. The maximum Gasteiger partial charge on any atom is 0.220 e. The monoisotopic (exact) mass is 376 g/mol. The summed E-state index contributed by atoms with van der Waals surface area (Å²) < 4.78 is 0. The summed E-state index contributed by atoms with van der Waals surface area (Å²) in [7, 11) is 0. The normalized spacial score (nSPS) is 10.3. The van der Waals surface area contributed by atoms with Crippen LogP contribution in [0.3, 0.4) is 0 Å². The number of amides is 1. The van der Waals surface area contributed by atoms with Gasteiger partial charge < -0.3 is 16.0 Å². The molecule has 2 aromatic heterocycles. The number of aryl methyl sites for hydroxylation is 2. The maximum absolute atomic E-state index is 12.0. The Kier molecular flexibility index (Phi) is 6.89. The summed E-state index contributed by atoms with van der Waals surface area (Å²) >= 11 is 0. The van der Waals surface area contributed by atoms with Gasteiger partial charge in [0.2, 0.25) is 5.91 Å². The van der Waals surface area contributed by atoms with Crippen LogP contribution in [0.2, 0.25) is 0 Å². The van der Waals surface area contributed by atoms with E-state index in [4.69, 9.17) is 0 Å². The highest BCUT2D eigenvalue weighted by molar-refractivity contribution is 5.76. The molecule has 0 saturated heterocycles. The predicted octanol–water partition coefficient (Wildman–Crippen LogP) is 3.08. The van der Waals surface area contributed by atoms with Crippen LogP contribution in [0, 0.1) is 6.92 Å². The minimum absolute atomic E-state index is 0.0435. The van der Waals surface area contributed by atoms with Crippen LogP contribution in [-0.4, -0.2) is 33.9 Å². The summed E-state index contributed by atoms with van der Waals surface area (Å²) in [6.45, 7) is 2.94. The Hall–Kier alpha value is -3.48. The van der Waals surface area contributed by atoms with Gasteiger partial charge in [0.25, 0.3) is 0 Å². The zero-order chi connectivity index (χ0) is 19.6. The standard InChI is InChI=1S/C21H24N6O/c1-16-25-19(15-20(26-16)27-18-9-5-6-12-22-18)23-13-14-24-21(28)11-10-17-7-3-2-4-8-17/h2-9,12,15H,10-11,13-14H2,1H3,(H,24,28)(H2,22,23,25,26,27). The Balaban J connectivity index is 1.42. The molecule has 0 fully saturated rings. The molecular formula is C21H24N6O. The highest BCUT2D eigenvalue weighted by Crippen LogP contribution is 2.15. The molecule has 1 amide bonds. The summed E-state index contributed by atoms with van der Waals surface area (Å²) in [5.41, 5.74) is 1.17. The molecule has 3 N–H and O–H groups in total. The molecule has 0 aliphatic carbocycles. The lowest BCUT2D eigenvalue weighted by Crippen LogP contribution is -2.29. The van der Waals surface area contributed by atoms with Gasteiger partial charge in [-0.15, -0.1) is 0 Å². The molecule has 28 heavy (non-hydrogen) atoms. The van der Waals surface area contributed by atoms with Gasteiger partial charge in [0.1, 0.15) is 23.3 Å². The lowest BCUT2D eigenvalue weighted by Gasteiger charge is -2.10. The third kappa shape index (κ3) is 6.35. The van der Waals surface area contributed by atoms with Gasteiger partial charge in [-0.2, -0.15) is 0 Å². The smallest absolute Gasteiger partial charge is 0.220 e. The number of hydrogen-bond acceptors (Lipinski definition) is 6. The van der Waals surface area contributed by atoms with Crippen LogP contribution in [0.4, 0.5) is 17.5 Å². The van der Waals surface area contributed by atoms with Crippen molar-refractivity contribution in [2.75, 3.05) is 23.7 Å². The van der Waals surface area contributed by atoms with Crippen LogP contribution in [0.1, 0.15) is 17.8 Å². The molecule has 0 atom stereocenters. The van der Waals surface area contributed by atoms with Gasteiger partial charge in [-0.1, -0.05) is 36.4 Å². The minimum Gasteiger partial charge on any atom is -0.368 e. The highest BCUT2D eigenvalue weighted by atomic mass is 16.1. The van der Waals surface area contributed by atoms with Gasteiger partial charge in [0.05, 0.1) is 0 Å². The molecule has 0 saturated carbocycles. The lowest BCUT2D eigenvalue weighted by atomic mass is 10.1. The van der Waals surface area contributed by atoms with Crippen LogP contribution in [0.5, 0.6) is 0 Å². The lowest BCUT2D eigenvalue weighted by molar-refractivity contribution is -0.120. The van der Waals surface area contributed by atoms with Crippen molar-refractivity contribution in [1.82, 2.24) is 20.3 Å². The highest BCUT2D eigenvalue weighted by Gasteiger charge is 2.04. The number of benzene rings is 1. The first kappa shape index (κ1) is 19.3. The minimum atomic E-state index is 0.0435. The SMILES string of the molecule is Cc1nc(NCCNC(=O)CCc2ccccc2)cc(Nc2ccccn2)n1. The maximum atomic E-state index is 12.0. The molecule has 0 bridgehead atoms. The van der Waals surface area contributed by atoms with E-state index in [2.05, 4.69) is 30.9 Å². The number of anilines is 3. The van der Waals surface area contributed by atoms with Crippen molar-refractivity contribution in [3.8, 4) is 0 Å². The van der Waals surface area contributed by atoms with E-state index >= 15 is 0 Å². The van der Waals surface area contributed by atoms with Crippen LogP contribution < -0.4 is 16.0 Å². The van der Waals surface area contributed by atoms with Crippen molar-refractivity contribution < 1.29 is 4.79 Å². The molecular weight excluding hydrogens is 352 g/mol. The summed E-state index contributed by atoms with van der Waals surface area (Å²) in [6, 6.07) is 17.5. The quantitative estimate of drug-likeness (QED) is 0.497. The molecule has 7 nitrogen and oxygen atoms in total. The Labute approximate surface area is 164 Å². The second-order valence-electron chi connectivity index (χ2n) is 6.29. The number of carbonyl (C=O) groups is 1. The van der Waals surface area contributed by atoms with Gasteiger partial charge in [0, 0.05) is 31.8 Å². The summed E-state index contributed by atoms with van der Waals surface area (Å²) in [4.78, 5) is 24.9. The zero-order valence-corrected chi connectivity index (χ0v) is 15.9. The van der Waals surface area contributed by atoms with E-state index in [1.807, 2.05) is 61.5 Å². The molecule has 0 aliphatic rings. The van der Waals surface area contributed by atoms with Crippen molar-refractivity contribution >= 4 is 23.4 Å². The molecule has 1 aromatic carbocycles. The molecule has 0 aliphatic heterocycles. The first-order valence-corrected chi connectivity index (χ1v) is 9.27. The van der Waals surface area contributed by atoms with E-state index in [9.17, 15) is 4.79 Å². The van der Waals surface area contributed by atoms with E-state index in [-0.39, 0.29) is 5.91 Å². The average molecular weight is 376 g/mol. The fourth-order valence-electron chi connectivity index (χ4n) is 2.67. The number of carbonyl (C=O) groups excluding carboxylic acids is 1. The predicted molar refractivity (Wildman–Crippen MR) is 111 cm³/mol. The molecule has 3 aromatic rings. The topological polar surface area (TPSA) is 91.8 Å². The molecule has 144 valence electrons. The Morgan fingerprint density at radius 3 is 2.50 bits per heavy atom. The number of hydrogen-bond donors (Lipinski definition) is 3. The van der Waals surface area contributed by atoms with Gasteiger partial charge in [-0.05, 0) is 31.0 Å². The van der Waals surface area contributed by atoms with Crippen LogP contribution in [0.25, 0.3) is 0 Å². The second-order valence-corrected chi connectivity index (χ2v) is 6.29. The van der Waals surface area contributed by atoms with Gasteiger partial charge in [-0.25, -0.2) is 15.0 Å². The first-order valence-electron chi connectivity index (χ1n) is 9.27. The second kappa shape index (κ2) is 10.0. The van der Waals surface area contributed by atoms with Gasteiger partial charge in [0.15, 0.2) is 0 Å². The fourth-order valence-corrected chi connectivity index (χ4v) is 2.67. The van der Waals surface area contributed by atoms with E-state index < -0.39 is 0 Å². The Morgan fingerprint density at radius 2 is 1.71 bits per heavy atom. The Bertz CT molecular complexity index is 886. The first-order chi connectivity index (χ1) is 13.7. The number of aromatic nitrogens is 3. The van der Waals surface area contributed by atoms with E-state index in [0.717, 1.165) is 12.2 Å². The van der Waals surface area contributed by atoms with Crippen LogP contribution >= 0.6 is 0 Å². The Morgan fingerprint density at radius 1 is 0.929 bits per heavy atom. The fraction of sp³-hybridized carbons (Fsp3) is 0.238. The number of rotatable bonds is 9. The van der Waals surface area contributed by atoms with E-state index in [1.165, 1.54) is 5.56 Å². The number of nitrogens with one attached hydrogen (secondary N) is 3. The molecule has 3 rings (SSSR count). The number of nitrogens with zero attached hydrogens (tertiary/aromatic N) is 3. The average Bonchev–Trinajstić information content (AvgIpc) is 2.71. The number of pyridine rings is 1. The molecule has 0 radical (unpaired) electrons. The molecule has 2 heterocycles. The van der Waals surface area contributed by atoms with Gasteiger partial charge in [-0.3, -0.25) is 4.79 Å². The van der Waals surface area contributed by atoms with Crippen molar-refractivity contribution in [3.05, 3.63) is 72.2 Å².